The molecule has 1 aliphatic carbocycles. The van der Waals surface area contributed by atoms with Crippen LogP contribution in [0.2, 0.25) is 0 Å². The van der Waals surface area contributed by atoms with Gasteiger partial charge in [-0.1, -0.05) is 22.4 Å². The van der Waals surface area contributed by atoms with Crippen molar-refractivity contribution >= 4 is 15.9 Å². The lowest BCUT2D eigenvalue weighted by molar-refractivity contribution is 0.338. The third kappa shape index (κ3) is 1.34. The Morgan fingerprint density at radius 1 is 1.64 bits per heavy atom. The van der Waals surface area contributed by atoms with Crippen molar-refractivity contribution in [3.63, 3.8) is 0 Å². The fraction of sp³-hybridized carbons (Fsp3) is 0.625. The molecule has 1 aromatic rings. The summed E-state index contributed by atoms with van der Waals surface area (Å²) in [6, 6.07) is 0. The summed E-state index contributed by atoms with van der Waals surface area (Å²) < 4.78 is 5.48. The van der Waals surface area contributed by atoms with Crippen LogP contribution in [0.3, 0.4) is 0 Å². The predicted octanol–water partition coefficient (Wildman–Crippen LogP) is 2.84. The maximum atomic E-state index is 5.48. The van der Waals surface area contributed by atoms with E-state index in [0.29, 0.717) is 5.92 Å². The highest BCUT2D eigenvalue weighted by Crippen LogP contribution is 2.36. The molecule has 60 valence electrons. The molecule has 0 aliphatic heterocycles. The van der Waals surface area contributed by atoms with Gasteiger partial charge >= 0.3 is 0 Å². The van der Waals surface area contributed by atoms with Crippen LogP contribution in [0.25, 0.3) is 0 Å². The van der Waals surface area contributed by atoms with Crippen LogP contribution in [0.15, 0.2) is 10.6 Å². The van der Waals surface area contributed by atoms with Crippen LogP contribution in [0.5, 0.6) is 0 Å². The number of alkyl halides is 1. The molecule has 1 heterocycles. The zero-order chi connectivity index (χ0) is 7.68. The highest BCUT2D eigenvalue weighted by Gasteiger charge is 2.22. The molecule has 0 unspecified atom stereocenters. The maximum Gasteiger partial charge on any atom is 0.205 e. The maximum absolute atomic E-state index is 5.48. The minimum Gasteiger partial charge on any atom is -0.445 e. The molecule has 0 amide bonds. The van der Waals surface area contributed by atoms with E-state index in [2.05, 4.69) is 20.9 Å². The molecule has 2 rings (SSSR count). The number of halogens is 1. The summed E-state index contributed by atoms with van der Waals surface area (Å²) in [5.41, 5.74) is 0. The van der Waals surface area contributed by atoms with Crippen molar-refractivity contribution in [1.29, 1.82) is 0 Å². The number of hydrogen-bond acceptors (Lipinski definition) is 2. The summed E-state index contributed by atoms with van der Waals surface area (Å²) >= 11 is 3.30. The Morgan fingerprint density at radius 3 is 2.91 bits per heavy atom. The van der Waals surface area contributed by atoms with Crippen LogP contribution in [0.1, 0.15) is 36.8 Å². The summed E-state index contributed by atoms with van der Waals surface area (Å²) in [4.78, 5) is 4.12. The van der Waals surface area contributed by atoms with Gasteiger partial charge < -0.3 is 4.42 Å². The Bertz CT molecular complexity index is 242. The first-order valence-electron chi connectivity index (χ1n) is 3.90. The molecule has 0 saturated heterocycles. The van der Waals surface area contributed by atoms with Gasteiger partial charge in [-0.25, -0.2) is 4.98 Å². The van der Waals surface area contributed by atoms with Gasteiger partial charge in [0, 0.05) is 5.92 Å². The first-order valence-corrected chi connectivity index (χ1v) is 5.03. The molecule has 1 aliphatic rings. The second kappa shape index (κ2) is 2.97. The highest BCUT2D eigenvalue weighted by molar-refractivity contribution is 9.08. The molecule has 1 saturated carbocycles. The Morgan fingerprint density at radius 2 is 2.45 bits per heavy atom. The summed E-state index contributed by atoms with van der Waals surface area (Å²) in [6.07, 6.45) is 5.75. The number of rotatable bonds is 2. The minimum absolute atomic E-state index is 0.662. The van der Waals surface area contributed by atoms with Gasteiger partial charge in [0.05, 0.1) is 11.5 Å². The van der Waals surface area contributed by atoms with Gasteiger partial charge in [-0.15, -0.1) is 0 Å². The van der Waals surface area contributed by atoms with Gasteiger partial charge in [-0.2, -0.15) is 0 Å². The van der Waals surface area contributed by atoms with Crippen LogP contribution in [0, 0.1) is 0 Å². The van der Waals surface area contributed by atoms with Crippen molar-refractivity contribution in [3.8, 4) is 0 Å². The average Bonchev–Trinajstić information content (AvgIpc) is 2.32. The summed E-state index contributed by atoms with van der Waals surface area (Å²) in [7, 11) is 0. The molecule has 0 bridgehead atoms. The lowest BCUT2D eigenvalue weighted by atomic mass is 9.84. The molecular formula is C8H10BrNO. The van der Waals surface area contributed by atoms with Crippen LogP contribution in [-0.4, -0.2) is 4.98 Å². The molecule has 0 spiro atoms. The smallest absolute Gasteiger partial charge is 0.205 e. The van der Waals surface area contributed by atoms with E-state index in [-0.39, 0.29) is 0 Å². The predicted molar refractivity (Wildman–Crippen MR) is 45.7 cm³/mol. The number of aromatic nitrogens is 1. The van der Waals surface area contributed by atoms with E-state index in [0.717, 1.165) is 17.0 Å². The molecular weight excluding hydrogens is 206 g/mol. The van der Waals surface area contributed by atoms with Gasteiger partial charge in [0.15, 0.2) is 0 Å². The van der Waals surface area contributed by atoms with Crippen molar-refractivity contribution < 1.29 is 4.42 Å². The van der Waals surface area contributed by atoms with Crippen molar-refractivity contribution in [2.75, 3.05) is 0 Å². The monoisotopic (exact) mass is 215 g/mol. The minimum atomic E-state index is 0.662. The van der Waals surface area contributed by atoms with Gasteiger partial charge in [0.1, 0.15) is 5.76 Å². The van der Waals surface area contributed by atoms with Crippen LogP contribution in [-0.2, 0) is 5.33 Å². The van der Waals surface area contributed by atoms with Crippen molar-refractivity contribution in [2.24, 2.45) is 0 Å². The largest absolute Gasteiger partial charge is 0.445 e. The fourth-order valence-electron chi connectivity index (χ4n) is 1.27. The molecule has 1 aromatic heterocycles. The summed E-state index contributed by atoms with van der Waals surface area (Å²) in [5.74, 6) is 2.54. The quantitative estimate of drug-likeness (QED) is 0.710. The Kier molecular flexibility index (Phi) is 1.98. The first kappa shape index (κ1) is 7.35. The first-order chi connectivity index (χ1) is 5.40. The Hall–Kier alpha value is -0.310. The SMILES string of the molecule is BrCc1ncc(C2CCC2)o1. The van der Waals surface area contributed by atoms with Crippen LogP contribution in [0.4, 0.5) is 0 Å². The zero-order valence-electron chi connectivity index (χ0n) is 6.22. The van der Waals surface area contributed by atoms with Crippen molar-refractivity contribution in [3.05, 3.63) is 17.8 Å². The third-order valence-corrected chi connectivity index (χ3v) is 2.67. The Balaban J connectivity index is 2.11. The van der Waals surface area contributed by atoms with E-state index in [4.69, 9.17) is 4.42 Å². The van der Waals surface area contributed by atoms with Crippen LogP contribution >= 0.6 is 15.9 Å². The summed E-state index contributed by atoms with van der Waals surface area (Å²) in [6.45, 7) is 0. The molecule has 0 radical (unpaired) electrons. The van der Waals surface area contributed by atoms with E-state index < -0.39 is 0 Å². The Labute approximate surface area is 74.1 Å². The molecule has 1 fully saturated rings. The normalized spacial score (nSPS) is 18.3. The molecule has 2 nitrogen and oxygen atoms in total. The number of hydrogen-bond donors (Lipinski definition) is 0. The highest BCUT2D eigenvalue weighted by atomic mass is 79.9. The molecule has 11 heavy (non-hydrogen) atoms. The third-order valence-electron chi connectivity index (χ3n) is 2.19. The van der Waals surface area contributed by atoms with E-state index in [1.54, 1.807) is 0 Å². The molecule has 0 N–H and O–H groups in total. The van der Waals surface area contributed by atoms with Crippen molar-refractivity contribution in [2.45, 2.75) is 30.5 Å². The van der Waals surface area contributed by atoms with Gasteiger partial charge in [0.25, 0.3) is 0 Å². The van der Waals surface area contributed by atoms with Gasteiger partial charge in [-0.3, -0.25) is 0 Å². The molecule has 0 aromatic carbocycles. The van der Waals surface area contributed by atoms with E-state index in [9.17, 15) is 0 Å². The lowest BCUT2D eigenvalue weighted by Crippen LogP contribution is -2.07. The molecule has 0 atom stereocenters. The van der Waals surface area contributed by atoms with Gasteiger partial charge in [-0.05, 0) is 12.8 Å². The topological polar surface area (TPSA) is 26.0 Å². The second-order valence-corrected chi connectivity index (χ2v) is 3.48. The van der Waals surface area contributed by atoms with Gasteiger partial charge in [0.2, 0.25) is 5.89 Å². The lowest BCUT2D eigenvalue weighted by Gasteiger charge is -2.22. The van der Waals surface area contributed by atoms with E-state index in [1.807, 2.05) is 6.20 Å². The second-order valence-electron chi connectivity index (χ2n) is 2.92. The van der Waals surface area contributed by atoms with Crippen molar-refractivity contribution in [1.82, 2.24) is 4.98 Å². The van der Waals surface area contributed by atoms with E-state index >= 15 is 0 Å². The van der Waals surface area contributed by atoms with Crippen LogP contribution < -0.4 is 0 Å². The zero-order valence-corrected chi connectivity index (χ0v) is 7.80. The standard InChI is InChI=1S/C8H10BrNO/c9-4-8-10-5-7(11-8)6-2-1-3-6/h5-6H,1-4H2. The number of nitrogens with zero attached hydrogens (tertiary/aromatic N) is 1. The summed E-state index contributed by atoms with van der Waals surface area (Å²) in [5, 5.41) is 0.722. The van der Waals surface area contributed by atoms with E-state index in [1.165, 1.54) is 19.3 Å². The average molecular weight is 216 g/mol. The molecule has 3 heteroatoms. The fourth-order valence-corrected chi connectivity index (χ4v) is 1.53. The number of oxazole rings is 1.